The molecule has 4 heterocycles. The lowest BCUT2D eigenvalue weighted by molar-refractivity contribution is 0.0892. The number of nitrogens with zero attached hydrogens (tertiary/aromatic N) is 2. The van der Waals surface area contributed by atoms with Gasteiger partial charge in [-0.2, -0.15) is 0 Å². The molecule has 3 aliphatic rings. The second kappa shape index (κ2) is 6.20. The predicted octanol–water partition coefficient (Wildman–Crippen LogP) is 3.09. The van der Waals surface area contributed by atoms with Gasteiger partial charge in [-0.15, -0.1) is 0 Å². The summed E-state index contributed by atoms with van der Waals surface area (Å²) >= 11 is 0. The van der Waals surface area contributed by atoms with E-state index in [0.717, 1.165) is 25.9 Å². The van der Waals surface area contributed by atoms with E-state index in [4.69, 9.17) is 4.74 Å². The van der Waals surface area contributed by atoms with Gasteiger partial charge in [0.25, 0.3) is 0 Å². The average molecular weight is 327 g/mol. The van der Waals surface area contributed by atoms with Crippen LogP contribution in [0.3, 0.4) is 0 Å². The van der Waals surface area contributed by atoms with Crippen LogP contribution in [0.15, 0.2) is 30.5 Å². The van der Waals surface area contributed by atoms with Crippen molar-refractivity contribution in [1.29, 1.82) is 0 Å². The Bertz CT molecular complexity index is 621. The second-order valence-electron chi connectivity index (χ2n) is 7.60. The molecule has 4 rings (SSSR count). The maximum absolute atomic E-state index is 12.5. The minimum atomic E-state index is -0.0498. The van der Waals surface area contributed by atoms with E-state index < -0.39 is 0 Å². The van der Waals surface area contributed by atoms with Crippen LogP contribution in [0, 0.1) is 17.8 Å². The summed E-state index contributed by atoms with van der Waals surface area (Å²) in [4.78, 5) is 18.8. The number of pyridine rings is 1. The Morgan fingerprint density at radius 3 is 2.58 bits per heavy atom. The zero-order valence-electron chi connectivity index (χ0n) is 14.3. The van der Waals surface area contributed by atoms with Crippen LogP contribution in [-0.2, 0) is 11.2 Å². The summed E-state index contributed by atoms with van der Waals surface area (Å²) in [5.41, 5.74) is 1.22. The Hall–Kier alpha value is -1.88. The first-order chi connectivity index (χ1) is 11.6. The van der Waals surface area contributed by atoms with Gasteiger partial charge in [-0.05, 0) is 30.4 Å². The summed E-state index contributed by atoms with van der Waals surface area (Å²) in [7, 11) is 0. The second-order valence-corrected chi connectivity index (χ2v) is 7.60. The number of likely N-dealkylation sites (tertiary alicyclic amines) is 1. The molecule has 2 fully saturated rings. The van der Waals surface area contributed by atoms with E-state index in [1.54, 1.807) is 0 Å². The lowest BCUT2D eigenvalue weighted by atomic mass is 9.86. The molecule has 1 aromatic rings. The number of carbonyl (C=O) groups excluding carboxylic acids is 1. The van der Waals surface area contributed by atoms with Crippen LogP contribution in [0.4, 0.5) is 10.6 Å². The van der Waals surface area contributed by atoms with Gasteiger partial charge in [0.05, 0.1) is 12.2 Å². The quantitative estimate of drug-likeness (QED) is 0.865. The third kappa shape index (κ3) is 2.93. The fraction of sp³-hybridized carbons (Fsp3) is 0.579. The van der Waals surface area contributed by atoms with Crippen molar-refractivity contribution < 1.29 is 9.53 Å². The van der Waals surface area contributed by atoms with Gasteiger partial charge in [0.2, 0.25) is 0 Å². The van der Waals surface area contributed by atoms with E-state index >= 15 is 0 Å². The fourth-order valence-electron chi connectivity index (χ4n) is 3.98. The van der Waals surface area contributed by atoms with Crippen LogP contribution in [0.1, 0.15) is 25.8 Å². The van der Waals surface area contributed by atoms with Gasteiger partial charge >= 0.3 is 6.03 Å². The number of aryl methyl sites for hydroxylation is 1. The van der Waals surface area contributed by atoms with Crippen LogP contribution in [0.2, 0.25) is 0 Å². The molecule has 0 aromatic carbocycles. The molecule has 2 saturated heterocycles. The van der Waals surface area contributed by atoms with E-state index in [2.05, 4.69) is 42.4 Å². The number of anilines is 1. The number of hydrogen-bond acceptors (Lipinski definition) is 3. The standard InChI is InChI=1S/C19H25N3O2/c1-12(2)3-4-13-5-8-18(20-9-13)21-19(23)22-10-14-15(11-22)17-7-6-16(14)24-17/h5-9,12,14-17H,3-4,10-11H2,1-2H3,(H,20,21,23)/t14-,15-,16+,17+/m0/s1. The molecule has 0 radical (unpaired) electrons. The van der Waals surface area contributed by atoms with E-state index in [-0.39, 0.29) is 18.2 Å². The highest BCUT2D eigenvalue weighted by atomic mass is 16.5. The number of nitrogens with one attached hydrogen (secondary N) is 1. The summed E-state index contributed by atoms with van der Waals surface area (Å²) in [6, 6.07) is 3.91. The van der Waals surface area contributed by atoms with Gasteiger partial charge in [0, 0.05) is 31.1 Å². The fourth-order valence-corrected chi connectivity index (χ4v) is 3.98. The van der Waals surface area contributed by atoms with Crippen molar-refractivity contribution in [1.82, 2.24) is 9.88 Å². The molecule has 0 saturated carbocycles. The summed E-state index contributed by atoms with van der Waals surface area (Å²) in [5, 5.41) is 2.93. The lowest BCUT2D eigenvalue weighted by Crippen LogP contribution is -2.35. The molecule has 128 valence electrons. The van der Waals surface area contributed by atoms with Crippen LogP contribution in [0.5, 0.6) is 0 Å². The number of rotatable bonds is 4. The summed E-state index contributed by atoms with van der Waals surface area (Å²) < 4.78 is 5.86. The Morgan fingerprint density at radius 2 is 2.00 bits per heavy atom. The third-order valence-electron chi connectivity index (χ3n) is 5.42. The molecular weight excluding hydrogens is 302 g/mol. The molecule has 1 N–H and O–H groups in total. The van der Waals surface area contributed by atoms with Crippen molar-refractivity contribution in [3.63, 3.8) is 0 Å². The van der Waals surface area contributed by atoms with Crippen LogP contribution in [0.25, 0.3) is 0 Å². The molecule has 4 atom stereocenters. The molecular formula is C19H25N3O2. The Kier molecular flexibility index (Phi) is 4.04. The molecule has 5 heteroatoms. The van der Waals surface area contributed by atoms with E-state index in [0.29, 0.717) is 23.6 Å². The average Bonchev–Trinajstić information content (AvgIpc) is 3.26. The van der Waals surface area contributed by atoms with Crippen LogP contribution < -0.4 is 5.32 Å². The molecule has 0 aliphatic carbocycles. The minimum absolute atomic E-state index is 0.0498. The Balaban J connectivity index is 1.32. The zero-order chi connectivity index (χ0) is 16.7. The largest absolute Gasteiger partial charge is 0.366 e. The molecule has 2 amide bonds. The SMILES string of the molecule is CC(C)CCc1ccc(NC(=O)N2C[C@H]3[C@H](C2)[C@H]2C=C[C@H]3O2)nc1. The number of ether oxygens (including phenoxy) is 1. The highest BCUT2D eigenvalue weighted by Crippen LogP contribution is 2.43. The maximum Gasteiger partial charge on any atom is 0.323 e. The number of fused-ring (bicyclic) bond motifs is 5. The topological polar surface area (TPSA) is 54.5 Å². The molecule has 24 heavy (non-hydrogen) atoms. The molecule has 1 aromatic heterocycles. The van der Waals surface area contributed by atoms with Crippen molar-refractivity contribution in [3.8, 4) is 0 Å². The molecule has 0 spiro atoms. The van der Waals surface area contributed by atoms with Gasteiger partial charge in [-0.3, -0.25) is 5.32 Å². The summed E-state index contributed by atoms with van der Waals surface area (Å²) in [6.45, 7) is 5.99. The number of aromatic nitrogens is 1. The van der Waals surface area contributed by atoms with Gasteiger partial charge in [0.1, 0.15) is 5.82 Å². The van der Waals surface area contributed by atoms with Crippen molar-refractivity contribution in [3.05, 3.63) is 36.0 Å². The van der Waals surface area contributed by atoms with E-state index in [1.165, 1.54) is 5.56 Å². The molecule has 2 bridgehead atoms. The summed E-state index contributed by atoms with van der Waals surface area (Å²) in [6.07, 6.45) is 8.75. The molecule has 3 aliphatic heterocycles. The van der Waals surface area contributed by atoms with Gasteiger partial charge in [-0.1, -0.05) is 32.1 Å². The van der Waals surface area contributed by atoms with Gasteiger partial charge in [-0.25, -0.2) is 9.78 Å². The smallest absolute Gasteiger partial charge is 0.323 e. The highest BCUT2D eigenvalue weighted by Gasteiger charge is 2.51. The number of carbonyl (C=O) groups is 1. The summed E-state index contributed by atoms with van der Waals surface area (Å²) in [5.74, 6) is 2.23. The maximum atomic E-state index is 12.5. The minimum Gasteiger partial charge on any atom is -0.366 e. The first-order valence-corrected chi connectivity index (χ1v) is 8.95. The molecule has 0 unspecified atom stereocenters. The van der Waals surface area contributed by atoms with Crippen molar-refractivity contribution in [2.45, 2.75) is 38.9 Å². The third-order valence-corrected chi connectivity index (χ3v) is 5.42. The Labute approximate surface area is 143 Å². The first kappa shape index (κ1) is 15.6. The highest BCUT2D eigenvalue weighted by molar-refractivity contribution is 5.88. The first-order valence-electron chi connectivity index (χ1n) is 8.95. The van der Waals surface area contributed by atoms with Crippen molar-refractivity contribution in [2.75, 3.05) is 18.4 Å². The monoisotopic (exact) mass is 327 g/mol. The van der Waals surface area contributed by atoms with Crippen LogP contribution >= 0.6 is 0 Å². The number of urea groups is 1. The van der Waals surface area contributed by atoms with Crippen LogP contribution in [-0.4, -0.2) is 41.2 Å². The van der Waals surface area contributed by atoms with Crippen molar-refractivity contribution >= 4 is 11.8 Å². The normalized spacial score (nSPS) is 30.2. The zero-order valence-corrected chi connectivity index (χ0v) is 14.3. The number of amides is 2. The van der Waals surface area contributed by atoms with E-state index in [9.17, 15) is 4.79 Å². The van der Waals surface area contributed by atoms with Crippen molar-refractivity contribution in [2.24, 2.45) is 17.8 Å². The van der Waals surface area contributed by atoms with Gasteiger partial charge < -0.3 is 9.64 Å². The van der Waals surface area contributed by atoms with E-state index in [1.807, 2.05) is 17.2 Å². The lowest BCUT2D eigenvalue weighted by Gasteiger charge is -2.19. The predicted molar refractivity (Wildman–Crippen MR) is 92.8 cm³/mol. The number of hydrogen-bond donors (Lipinski definition) is 1. The Morgan fingerprint density at radius 1 is 1.29 bits per heavy atom. The van der Waals surface area contributed by atoms with Gasteiger partial charge in [0.15, 0.2) is 0 Å². The molecule has 5 nitrogen and oxygen atoms in total.